The largest absolute Gasteiger partial charge is 0.315 e. The average molecular weight is 351 g/mol. The highest BCUT2D eigenvalue weighted by Gasteiger charge is 2.24. The Balaban J connectivity index is 1.61. The number of aryl methyl sites for hydroxylation is 1. The highest BCUT2D eigenvalue weighted by molar-refractivity contribution is 7.09. The Labute approximate surface area is 149 Å². The third-order valence-corrected chi connectivity index (χ3v) is 5.29. The van der Waals surface area contributed by atoms with Crippen molar-refractivity contribution in [3.05, 3.63) is 68.4 Å². The third-order valence-electron chi connectivity index (χ3n) is 4.46. The van der Waals surface area contributed by atoms with Gasteiger partial charge in [-0.15, -0.1) is 11.3 Å². The lowest BCUT2D eigenvalue weighted by Crippen LogP contribution is -2.20. The monoisotopic (exact) mass is 351 g/mol. The number of benzene rings is 1. The van der Waals surface area contributed by atoms with Crippen molar-refractivity contribution in [1.29, 1.82) is 0 Å². The summed E-state index contributed by atoms with van der Waals surface area (Å²) in [5.41, 5.74) is 4.82. The summed E-state index contributed by atoms with van der Waals surface area (Å²) in [4.78, 5) is 30.2. The Bertz CT molecular complexity index is 1040. The fourth-order valence-corrected chi connectivity index (χ4v) is 3.83. The minimum atomic E-state index is -0.0177. The summed E-state index contributed by atoms with van der Waals surface area (Å²) in [6, 6.07) is 9.55. The van der Waals surface area contributed by atoms with Crippen LogP contribution in [-0.2, 0) is 17.8 Å². The second-order valence-corrected chi connectivity index (χ2v) is 7.21. The number of rotatable bonds is 3. The van der Waals surface area contributed by atoms with Gasteiger partial charge in [0.15, 0.2) is 0 Å². The van der Waals surface area contributed by atoms with Gasteiger partial charge >= 0.3 is 0 Å². The minimum absolute atomic E-state index is 0.0177. The molecule has 1 aromatic carbocycles. The summed E-state index contributed by atoms with van der Waals surface area (Å²) in [7, 11) is 1.80. The van der Waals surface area contributed by atoms with Crippen LogP contribution in [-0.4, -0.2) is 22.5 Å². The molecule has 1 aliphatic heterocycles. The van der Waals surface area contributed by atoms with E-state index in [-0.39, 0.29) is 11.5 Å². The molecule has 0 fully saturated rings. The lowest BCUT2D eigenvalue weighted by atomic mass is 10.1. The summed E-state index contributed by atoms with van der Waals surface area (Å²) in [5, 5.41) is 2.88. The van der Waals surface area contributed by atoms with Crippen LogP contribution in [0.3, 0.4) is 0 Å². The Hall–Kier alpha value is -2.73. The summed E-state index contributed by atoms with van der Waals surface area (Å²) in [5.74, 6) is 0.116. The van der Waals surface area contributed by atoms with E-state index < -0.39 is 0 Å². The van der Waals surface area contributed by atoms with Gasteiger partial charge in [0.25, 0.3) is 5.56 Å². The van der Waals surface area contributed by atoms with Gasteiger partial charge < -0.3 is 9.47 Å². The first-order valence-corrected chi connectivity index (χ1v) is 8.90. The van der Waals surface area contributed by atoms with E-state index in [0.717, 1.165) is 33.1 Å². The second-order valence-electron chi connectivity index (χ2n) is 6.27. The Morgan fingerprint density at radius 1 is 1.20 bits per heavy atom. The van der Waals surface area contributed by atoms with Crippen molar-refractivity contribution >= 4 is 22.9 Å². The molecule has 5 nitrogen and oxygen atoms in total. The maximum absolute atomic E-state index is 12.0. The first-order chi connectivity index (χ1) is 12.0. The van der Waals surface area contributed by atoms with Gasteiger partial charge in [-0.05, 0) is 36.2 Å². The van der Waals surface area contributed by atoms with Gasteiger partial charge in [0.05, 0.1) is 18.7 Å². The minimum Gasteiger partial charge on any atom is -0.315 e. The maximum atomic E-state index is 12.0. The molecule has 4 rings (SSSR count). The SMILES string of the molecule is Cc1ccn(Cc2nc(-c3ccc4c(c3)CC(=O)N4C)cs2)c(=O)c1. The number of thiazole rings is 1. The standard InChI is InChI=1S/C19H17N3O2S/c1-12-5-6-22(19(24)7-12)10-17-20-15(11-25-17)13-3-4-16-14(8-13)9-18(23)21(16)2/h3-8,11H,9-10H2,1-2H3. The molecule has 1 amide bonds. The Kier molecular flexibility index (Phi) is 3.77. The van der Waals surface area contributed by atoms with Crippen LogP contribution in [0.4, 0.5) is 5.69 Å². The smallest absolute Gasteiger partial charge is 0.251 e. The molecule has 0 bridgehead atoms. The number of nitrogens with zero attached hydrogens (tertiary/aromatic N) is 3. The van der Waals surface area contributed by atoms with E-state index >= 15 is 0 Å². The number of fused-ring (bicyclic) bond motifs is 1. The molecule has 2 aromatic heterocycles. The van der Waals surface area contributed by atoms with Crippen molar-refractivity contribution in [2.24, 2.45) is 0 Å². The molecule has 1 aliphatic rings. The summed E-state index contributed by atoms with van der Waals surface area (Å²) < 4.78 is 1.66. The predicted molar refractivity (Wildman–Crippen MR) is 99.2 cm³/mol. The molecule has 6 heteroatoms. The number of hydrogen-bond donors (Lipinski definition) is 0. The van der Waals surface area contributed by atoms with Gasteiger partial charge in [0.1, 0.15) is 5.01 Å². The van der Waals surface area contributed by atoms with E-state index in [2.05, 4.69) is 4.98 Å². The quantitative estimate of drug-likeness (QED) is 0.729. The highest BCUT2D eigenvalue weighted by atomic mass is 32.1. The molecule has 0 saturated heterocycles. The van der Waals surface area contributed by atoms with Crippen molar-refractivity contribution in [2.45, 2.75) is 19.9 Å². The molecular formula is C19H17N3O2S. The fourth-order valence-electron chi connectivity index (χ4n) is 3.03. The molecule has 3 heterocycles. The van der Waals surface area contributed by atoms with Crippen LogP contribution < -0.4 is 10.5 Å². The van der Waals surface area contributed by atoms with Crippen LogP contribution in [0.15, 0.2) is 46.7 Å². The molecule has 126 valence electrons. The first kappa shape index (κ1) is 15.8. The van der Waals surface area contributed by atoms with Crippen LogP contribution >= 0.6 is 11.3 Å². The molecule has 0 saturated carbocycles. The molecule has 0 N–H and O–H groups in total. The number of carbonyl (C=O) groups excluding carboxylic acids is 1. The molecule has 0 unspecified atom stereocenters. The van der Waals surface area contributed by atoms with Crippen molar-refractivity contribution in [3.8, 4) is 11.3 Å². The Morgan fingerprint density at radius 3 is 2.84 bits per heavy atom. The van der Waals surface area contributed by atoms with Gasteiger partial charge in [-0.1, -0.05) is 6.07 Å². The van der Waals surface area contributed by atoms with E-state index in [9.17, 15) is 9.59 Å². The van der Waals surface area contributed by atoms with Crippen molar-refractivity contribution in [2.75, 3.05) is 11.9 Å². The van der Waals surface area contributed by atoms with Gasteiger partial charge in [-0.3, -0.25) is 9.59 Å². The van der Waals surface area contributed by atoms with Crippen LogP contribution in [0, 0.1) is 6.92 Å². The number of anilines is 1. The number of carbonyl (C=O) groups is 1. The number of pyridine rings is 1. The molecule has 0 aliphatic carbocycles. The van der Waals surface area contributed by atoms with E-state index in [0.29, 0.717) is 13.0 Å². The zero-order valence-corrected chi connectivity index (χ0v) is 14.8. The van der Waals surface area contributed by atoms with Crippen LogP contribution in [0.2, 0.25) is 0 Å². The number of aromatic nitrogens is 2. The zero-order chi connectivity index (χ0) is 17.6. The van der Waals surface area contributed by atoms with E-state index in [1.807, 2.05) is 36.6 Å². The van der Waals surface area contributed by atoms with E-state index in [1.165, 1.54) is 11.3 Å². The molecule has 0 spiro atoms. The van der Waals surface area contributed by atoms with E-state index in [1.54, 1.807) is 28.8 Å². The van der Waals surface area contributed by atoms with E-state index in [4.69, 9.17) is 0 Å². The third kappa shape index (κ3) is 2.89. The fraction of sp³-hybridized carbons (Fsp3) is 0.211. The lowest BCUT2D eigenvalue weighted by Gasteiger charge is -2.09. The topological polar surface area (TPSA) is 55.2 Å². The Morgan fingerprint density at radius 2 is 2.04 bits per heavy atom. The molecule has 3 aromatic rings. The maximum Gasteiger partial charge on any atom is 0.251 e. The van der Waals surface area contributed by atoms with Gasteiger partial charge in [0, 0.05) is 35.9 Å². The number of hydrogen-bond acceptors (Lipinski definition) is 4. The zero-order valence-electron chi connectivity index (χ0n) is 14.0. The highest BCUT2D eigenvalue weighted by Crippen LogP contribution is 2.32. The average Bonchev–Trinajstić information content (AvgIpc) is 3.15. The van der Waals surface area contributed by atoms with Crippen molar-refractivity contribution in [3.63, 3.8) is 0 Å². The molecule has 25 heavy (non-hydrogen) atoms. The van der Waals surface area contributed by atoms with Crippen molar-refractivity contribution < 1.29 is 4.79 Å². The van der Waals surface area contributed by atoms with Crippen LogP contribution in [0.25, 0.3) is 11.3 Å². The van der Waals surface area contributed by atoms with Gasteiger partial charge in [-0.25, -0.2) is 4.98 Å². The van der Waals surface area contributed by atoms with Crippen LogP contribution in [0.5, 0.6) is 0 Å². The molecule has 0 atom stereocenters. The first-order valence-electron chi connectivity index (χ1n) is 8.02. The second kappa shape index (κ2) is 5.97. The number of amides is 1. The number of likely N-dealkylation sites (N-methyl/N-ethyl adjacent to an activating group) is 1. The lowest BCUT2D eigenvalue weighted by molar-refractivity contribution is -0.117. The molecule has 0 radical (unpaired) electrons. The normalized spacial score (nSPS) is 13.4. The van der Waals surface area contributed by atoms with Gasteiger partial charge in [0.2, 0.25) is 5.91 Å². The predicted octanol–water partition coefficient (Wildman–Crippen LogP) is 2.85. The van der Waals surface area contributed by atoms with Gasteiger partial charge in [-0.2, -0.15) is 0 Å². The summed E-state index contributed by atoms with van der Waals surface area (Å²) >= 11 is 1.54. The summed E-state index contributed by atoms with van der Waals surface area (Å²) in [6.45, 7) is 2.37. The van der Waals surface area contributed by atoms with Crippen molar-refractivity contribution in [1.82, 2.24) is 9.55 Å². The molecular weight excluding hydrogens is 334 g/mol. The van der Waals surface area contributed by atoms with Crippen LogP contribution in [0.1, 0.15) is 16.1 Å². The summed E-state index contributed by atoms with van der Waals surface area (Å²) in [6.07, 6.45) is 2.24.